The van der Waals surface area contributed by atoms with E-state index in [-0.39, 0.29) is 6.47 Å². The molecule has 1 N–H and O–H groups in total. The molecule has 0 radical (unpaired) electrons. The monoisotopic (exact) mass is 148 g/mol. The maximum absolute atomic E-state index is 8.70. The Hall–Kier alpha value is -0.570. The van der Waals surface area contributed by atoms with Crippen LogP contribution in [0.25, 0.3) is 0 Å². The Balaban J connectivity index is 0. The van der Waals surface area contributed by atoms with Crippen molar-refractivity contribution in [3.63, 3.8) is 0 Å². The number of carbonyl (C=O) groups excluding carboxylic acids is 1. The second-order valence-electron chi connectivity index (χ2n) is 2.12. The summed E-state index contributed by atoms with van der Waals surface area (Å²) in [4.78, 5) is 11.6. The van der Waals surface area contributed by atoms with E-state index < -0.39 is 0 Å². The zero-order valence-electron chi connectivity index (χ0n) is 6.83. The molecule has 0 saturated carbocycles. The van der Waals surface area contributed by atoms with E-state index >= 15 is 0 Å². The molecule has 0 aliphatic heterocycles. The molecule has 0 aromatic carbocycles. The van der Waals surface area contributed by atoms with Crippen molar-refractivity contribution in [3.05, 3.63) is 0 Å². The third-order valence-electron chi connectivity index (χ3n) is 1.44. The molecule has 0 fully saturated rings. The molecule has 0 amide bonds. The summed E-state index contributed by atoms with van der Waals surface area (Å²) in [5.74, 6) is 0.935. The van der Waals surface area contributed by atoms with E-state index in [2.05, 4.69) is 25.7 Å². The molecule has 0 unspecified atom stereocenters. The Kier molecular flexibility index (Phi) is 13.7. The first-order chi connectivity index (χ1) is 4.72. The maximum Gasteiger partial charge on any atom is 0.330 e. The summed E-state index contributed by atoms with van der Waals surface area (Å²) in [5.41, 5.74) is 0. The van der Waals surface area contributed by atoms with Gasteiger partial charge in [0.15, 0.2) is 0 Å². The highest BCUT2D eigenvalue weighted by Gasteiger charge is 1.88. The van der Waals surface area contributed by atoms with Gasteiger partial charge in [0, 0.05) is 0 Å². The van der Waals surface area contributed by atoms with Crippen LogP contribution in [0.3, 0.4) is 0 Å². The number of carbonyl (C=O) groups is 1. The summed E-state index contributed by atoms with van der Waals surface area (Å²) >= 11 is 0. The van der Waals surface area contributed by atoms with Gasteiger partial charge in [0.2, 0.25) is 0 Å². The topological polar surface area (TPSA) is 46.5 Å². The van der Waals surface area contributed by atoms with Crippen LogP contribution in [0.1, 0.15) is 33.6 Å². The summed E-state index contributed by atoms with van der Waals surface area (Å²) in [5, 5.41) is 7.01. The van der Waals surface area contributed by atoms with Crippen LogP contribution in [0.15, 0.2) is 0 Å². The summed E-state index contributed by atoms with van der Waals surface area (Å²) < 4.78 is 0. The lowest BCUT2D eigenvalue weighted by atomic mass is 10.1. The van der Waals surface area contributed by atoms with Crippen LogP contribution in [-0.4, -0.2) is 11.7 Å². The molecular formula is C7H16O3. The molecule has 10 heavy (non-hydrogen) atoms. The number of hydrogen-bond donors (Lipinski definition) is 1. The predicted octanol–water partition coefficient (Wildman–Crippen LogP) is 2.07. The average Bonchev–Trinajstić information content (AvgIpc) is 2.03. The molecule has 3 heteroatoms. The molecule has 0 aromatic rings. The van der Waals surface area contributed by atoms with E-state index in [1.807, 2.05) is 0 Å². The second kappa shape index (κ2) is 11.3. The molecule has 0 spiro atoms. The van der Waals surface area contributed by atoms with Crippen LogP contribution < -0.4 is 0 Å². The molecule has 0 heterocycles. The fourth-order valence-electron chi connectivity index (χ4n) is 0.289. The number of hydrogen-bond acceptors (Lipinski definition) is 3. The zero-order chi connectivity index (χ0) is 8.41. The van der Waals surface area contributed by atoms with Crippen LogP contribution in [0, 0.1) is 5.92 Å². The second-order valence-corrected chi connectivity index (χ2v) is 2.12. The maximum atomic E-state index is 8.70. The molecule has 0 aliphatic rings. The van der Waals surface area contributed by atoms with Gasteiger partial charge in [0.05, 0.1) is 0 Å². The van der Waals surface area contributed by atoms with E-state index in [1.54, 1.807) is 0 Å². The molecule has 0 rings (SSSR count). The molecule has 0 saturated heterocycles. The van der Waals surface area contributed by atoms with Crippen molar-refractivity contribution < 1.29 is 14.9 Å². The lowest BCUT2D eigenvalue weighted by molar-refractivity contribution is -0.217. The molecule has 0 bridgehead atoms. The Morgan fingerprint density at radius 2 is 1.80 bits per heavy atom. The molecule has 0 aromatic heterocycles. The quantitative estimate of drug-likeness (QED) is 0.378. The smallest absolute Gasteiger partial charge is 0.304 e. The van der Waals surface area contributed by atoms with Crippen LogP contribution >= 0.6 is 0 Å². The van der Waals surface area contributed by atoms with Gasteiger partial charge in [-0.25, -0.2) is 5.26 Å². The SMILES string of the molecule is CCC(C)CC.O=COO. The van der Waals surface area contributed by atoms with E-state index in [4.69, 9.17) is 10.1 Å². The predicted molar refractivity (Wildman–Crippen MR) is 39.5 cm³/mol. The van der Waals surface area contributed by atoms with Gasteiger partial charge in [-0.2, -0.15) is 0 Å². The van der Waals surface area contributed by atoms with Crippen LogP contribution in [-0.2, 0) is 9.68 Å². The van der Waals surface area contributed by atoms with Gasteiger partial charge in [0.25, 0.3) is 0 Å². The Morgan fingerprint density at radius 3 is 1.80 bits per heavy atom. The largest absolute Gasteiger partial charge is 0.330 e. The molecule has 0 atom stereocenters. The fourth-order valence-corrected chi connectivity index (χ4v) is 0.289. The zero-order valence-corrected chi connectivity index (χ0v) is 6.83. The van der Waals surface area contributed by atoms with Gasteiger partial charge in [0.1, 0.15) is 0 Å². The first kappa shape index (κ1) is 12.1. The van der Waals surface area contributed by atoms with Gasteiger partial charge in [-0.15, -0.1) is 0 Å². The first-order valence-corrected chi connectivity index (χ1v) is 3.46. The lowest BCUT2D eigenvalue weighted by Crippen LogP contribution is -1.85. The van der Waals surface area contributed by atoms with Crippen molar-refractivity contribution in [3.8, 4) is 0 Å². The van der Waals surface area contributed by atoms with Crippen molar-refractivity contribution in [2.75, 3.05) is 0 Å². The minimum absolute atomic E-state index is 0.0694. The number of rotatable bonds is 3. The van der Waals surface area contributed by atoms with Crippen molar-refractivity contribution >= 4 is 6.47 Å². The third kappa shape index (κ3) is 15.7. The van der Waals surface area contributed by atoms with Gasteiger partial charge in [-0.1, -0.05) is 33.6 Å². The minimum atomic E-state index is -0.0694. The van der Waals surface area contributed by atoms with Crippen molar-refractivity contribution in [1.29, 1.82) is 0 Å². The highest BCUT2D eigenvalue weighted by Crippen LogP contribution is 2.02. The van der Waals surface area contributed by atoms with Gasteiger partial charge in [-0.05, 0) is 5.92 Å². The van der Waals surface area contributed by atoms with Crippen molar-refractivity contribution in [1.82, 2.24) is 0 Å². The standard InChI is InChI=1S/C6H14.CH2O3/c1-4-6(3)5-2;2-1-4-3/h6H,4-5H2,1-3H3;1,3H. The normalized spacial score (nSPS) is 8.10. The van der Waals surface area contributed by atoms with Crippen molar-refractivity contribution in [2.24, 2.45) is 5.92 Å². The summed E-state index contributed by atoms with van der Waals surface area (Å²) in [7, 11) is 0. The first-order valence-electron chi connectivity index (χ1n) is 3.46. The molecule has 62 valence electrons. The van der Waals surface area contributed by atoms with Gasteiger partial charge >= 0.3 is 6.47 Å². The highest BCUT2D eigenvalue weighted by atomic mass is 17.1. The van der Waals surface area contributed by atoms with Crippen molar-refractivity contribution in [2.45, 2.75) is 33.6 Å². The summed E-state index contributed by atoms with van der Waals surface area (Å²) in [6.45, 7) is 6.67. The lowest BCUT2D eigenvalue weighted by Gasteiger charge is -1.98. The third-order valence-corrected chi connectivity index (χ3v) is 1.44. The highest BCUT2D eigenvalue weighted by molar-refractivity contribution is 5.35. The van der Waals surface area contributed by atoms with Crippen LogP contribution in [0.5, 0.6) is 0 Å². The molecule has 0 aliphatic carbocycles. The Morgan fingerprint density at radius 1 is 1.50 bits per heavy atom. The minimum Gasteiger partial charge on any atom is -0.304 e. The summed E-state index contributed by atoms with van der Waals surface area (Å²) in [6.07, 6.45) is 2.66. The Labute approximate surface area is 61.9 Å². The van der Waals surface area contributed by atoms with Crippen LogP contribution in [0.4, 0.5) is 0 Å². The molecule has 3 nitrogen and oxygen atoms in total. The Bertz CT molecular complexity index is 59.9. The molecular weight excluding hydrogens is 132 g/mol. The van der Waals surface area contributed by atoms with E-state index in [1.165, 1.54) is 12.8 Å². The van der Waals surface area contributed by atoms with Gasteiger partial charge < -0.3 is 4.89 Å². The fraction of sp³-hybridized carbons (Fsp3) is 0.857. The van der Waals surface area contributed by atoms with Gasteiger partial charge in [-0.3, -0.25) is 4.79 Å². The van der Waals surface area contributed by atoms with E-state index in [9.17, 15) is 0 Å². The van der Waals surface area contributed by atoms with E-state index in [0.29, 0.717) is 0 Å². The summed E-state index contributed by atoms with van der Waals surface area (Å²) in [6, 6.07) is 0. The van der Waals surface area contributed by atoms with Crippen LogP contribution in [0.2, 0.25) is 0 Å². The van der Waals surface area contributed by atoms with E-state index in [0.717, 1.165) is 5.92 Å². The average molecular weight is 148 g/mol.